The van der Waals surface area contributed by atoms with Crippen LogP contribution in [-0.4, -0.2) is 45.0 Å². The highest BCUT2D eigenvalue weighted by Crippen LogP contribution is 2.36. The van der Waals surface area contributed by atoms with Gasteiger partial charge in [-0.05, 0) is 12.8 Å². The molecule has 7 nitrogen and oxygen atoms in total. The van der Waals surface area contributed by atoms with Gasteiger partial charge < -0.3 is 15.2 Å². The van der Waals surface area contributed by atoms with Crippen LogP contribution in [0, 0.1) is 11.3 Å². The Morgan fingerprint density at radius 3 is 2.86 bits per heavy atom. The Morgan fingerprint density at radius 1 is 1.38 bits per heavy atom. The Kier molecular flexibility index (Phi) is 2.72. The second-order valence-electron chi connectivity index (χ2n) is 5.82. The Morgan fingerprint density at radius 2 is 2.14 bits per heavy atom. The Hall–Kier alpha value is -2.01. The third kappa shape index (κ3) is 2.00. The largest absolute Gasteiger partial charge is 0.385 e. The lowest BCUT2D eigenvalue weighted by Crippen LogP contribution is -2.58. The first-order valence-corrected chi connectivity index (χ1v) is 6.98. The number of hydrogen-bond acceptors (Lipinski definition) is 6. The number of nitriles is 1. The van der Waals surface area contributed by atoms with Crippen LogP contribution in [0.5, 0.6) is 0 Å². The van der Waals surface area contributed by atoms with Crippen molar-refractivity contribution in [3.8, 4) is 6.07 Å². The van der Waals surface area contributed by atoms with Crippen LogP contribution in [0.4, 0.5) is 0 Å². The van der Waals surface area contributed by atoms with Gasteiger partial charge in [0.2, 0.25) is 0 Å². The van der Waals surface area contributed by atoms with Gasteiger partial charge in [0, 0.05) is 30.0 Å². The quantitative estimate of drug-likeness (QED) is 0.762. The molecule has 2 fully saturated rings. The van der Waals surface area contributed by atoms with E-state index in [0.717, 1.165) is 5.56 Å². The van der Waals surface area contributed by atoms with Crippen molar-refractivity contribution < 1.29 is 9.84 Å². The summed E-state index contributed by atoms with van der Waals surface area (Å²) in [5, 5.41) is 27.6. The van der Waals surface area contributed by atoms with Crippen molar-refractivity contribution in [3.63, 3.8) is 0 Å². The number of aromatic nitrogens is 3. The van der Waals surface area contributed by atoms with E-state index in [1.807, 2.05) is 0 Å². The molecule has 7 heteroatoms. The summed E-state index contributed by atoms with van der Waals surface area (Å²) in [7, 11) is 0. The van der Waals surface area contributed by atoms with Crippen LogP contribution < -0.4 is 5.32 Å². The monoisotopic (exact) mass is 285 g/mol. The van der Waals surface area contributed by atoms with Gasteiger partial charge in [-0.1, -0.05) is 0 Å². The normalized spacial score (nSPS) is 32.0. The molecule has 2 aliphatic heterocycles. The SMILES string of the molecule is N#Cc1cnn2cc(C3(O)CC4COCC(C3)N4)cnc12. The van der Waals surface area contributed by atoms with Gasteiger partial charge in [0.25, 0.3) is 0 Å². The number of rotatable bonds is 1. The molecule has 2 atom stereocenters. The fourth-order valence-corrected chi connectivity index (χ4v) is 3.35. The minimum absolute atomic E-state index is 0.158. The second kappa shape index (κ2) is 4.49. The van der Waals surface area contributed by atoms with Crippen molar-refractivity contribution in [1.29, 1.82) is 5.26 Å². The average Bonchev–Trinajstić information content (AvgIpc) is 2.89. The third-order valence-corrected chi connectivity index (χ3v) is 4.29. The number of aliphatic hydroxyl groups is 1. The van der Waals surface area contributed by atoms with Gasteiger partial charge in [-0.25, -0.2) is 9.50 Å². The Balaban J connectivity index is 1.73. The predicted octanol–water partition coefficient (Wildman–Crippen LogP) is -0.0606. The number of fused-ring (bicyclic) bond motifs is 3. The molecule has 21 heavy (non-hydrogen) atoms. The minimum Gasteiger partial charge on any atom is -0.385 e. The molecule has 4 heterocycles. The van der Waals surface area contributed by atoms with Crippen LogP contribution >= 0.6 is 0 Å². The summed E-state index contributed by atoms with van der Waals surface area (Å²) in [4.78, 5) is 4.29. The first-order valence-electron chi connectivity index (χ1n) is 6.98. The highest BCUT2D eigenvalue weighted by molar-refractivity contribution is 5.53. The molecule has 0 spiro atoms. The summed E-state index contributed by atoms with van der Waals surface area (Å²) in [5.41, 5.74) is 0.761. The molecule has 0 aromatic carbocycles. The lowest BCUT2D eigenvalue weighted by Gasteiger charge is -2.44. The minimum atomic E-state index is -0.926. The molecule has 0 saturated carbocycles. The zero-order valence-electron chi connectivity index (χ0n) is 11.4. The Bertz CT molecular complexity index is 723. The second-order valence-corrected chi connectivity index (χ2v) is 5.82. The first-order chi connectivity index (χ1) is 10.2. The molecular weight excluding hydrogens is 270 g/mol. The number of ether oxygens (including phenoxy) is 1. The molecule has 0 radical (unpaired) electrons. The van der Waals surface area contributed by atoms with Crippen molar-refractivity contribution in [2.45, 2.75) is 30.5 Å². The average molecular weight is 285 g/mol. The van der Waals surface area contributed by atoms with Gasteiger partial charge in [0.15, 0.2) is 5.65 Å². The Labute approximate surface area is 121 Å². The van der Waals surface area contributed by atoms with E-state index < -0.39 is 5.60 Å². The van der Waals surface area contributed by atoms with Crippen LogP contribution in [0.3, 0.4) is 0 Å². The standard InChI is InChI=1S/C14H15N5O2/c15-3-9-4-17-19-6-10(5-16-13(9)19)14(20)1-11-7-21-8-12(2-14)18-11/h4-6,11-12,18,20H,1-2,7-8H2. The fourth-order valence-electron chi connectivity index (χ4n) is 3.35. The van der Waals surface area contributed by atoms with Crippen molar-refractivity contribution in [2.75, 3.05) is 13.2 Å². The van der Waals surface area contributed by atoms with Crippen LogP contribution in [0.1, 0.15) is 24.0 Å². The van der Waals surface area contributed by atoms with E-state index in [9.17, 15) is 5.11 Å². The van der Waals surface area contributed by atoms with Gasteiger partial charge >= 0.3 is 0 Å². The van der Waals surface area contributed by atoms with E-state index in [1.54, 1.807) is 16.9 Å². The molecule has 2 N–H and O–H groups in total. The molecule has 2 aromatic heterocycles. The number of hydrogen-bond donors (Lipinski definition) is 2. The lowest BCUT2D eigenvalue weighted by atomic mass is 9.79. The molecule has 108 valence electrons. The summed E-state index contributed by atoms with van der Waals surface area (Å²) in [6, 6.07) is 2.37. The number of morpholine rings is 1. The molecule has 2 aliphatic rings. The fraction of sp³-hybridized carbons (Fsp3) is 0.500. The van der Waals surface area contributed by atoms with Crippen LogP contribution in [0.2, 0.25) is 0 Å². The highest BCUT2D eigenvalue weighted by atomic mass is 16.5. The smallest absolute Gasteiger partial charge is 0.172 e. The van der Waals surface area contributed by atoms with E-state index in [0.29, 0.717) is 37.3 Å². The van der Waals surface area contributed by atoms with Crippen molar-refractivity contribution in [3.05, 3.63) is 29.7 Å². The van der Waals surface area contributed by atoms with E-state index in [-0.39, 0.29) is 12.1 Å². The summed E-state index contributed by atoms with van der Waals surface area (Å²) < 4.78 is 7.07. The zero-order valence-corrected chi connectivity index (χ0v) is 11.4. The van der Waals surface area contributed by atoms with E-state index in [1.165, 1.54) is 6.20 Å². The summed E-state index contributed by atoms with van der Waals surface area (Å²) in [6.45, 7) is 1.24. The highest BCUT2D eigenvalue weighted by Gasteiger charge is 2.42. The number of nitrogens with zero attached hydrogens (tertiary/aromatic N) is 4. The summed E-state index contributed by atoms with van der Waals surface area (Å²) in [5.74, 6) is 0. The van der Waals surface area contributed by atoms with Gasteiger partial charge in [-0.15, -0.1) is 0 Å². The van der Waals surface area contributed by atoms with Crippen LogP contribution in [-0.2, 0) is 10.3 Å². The molecule has 2 unspecified atom stereocenters. The molecule has 2 aromatic rings. The summed E-state index contributed by atoms with van der Waals surface area (Å²) in [6.07, 6.45) is 6.08. The van der Waals surface area contributed by atoms with Crippen molar-refractivity contribution in [2.24, 2.45) is 0 Å². The maximum atomic E-state index is 11.0. The zero-order chi connectivity index (χ0) is 14.4. The van der Waals surface area contributed by atoms with Gasteiger partial charge in [-0.2, -0.15) is 10.4 Å². The maximum absolute atomic E-state index is 11.0. The van der Waals surface area contributed by atoms with Crippen molar-refractivity contribution >= 4 is 5.65 Å². The number of piperidine rings is 1. The lowest BCUT2D eigenvalue weighted by molar-refractivity contribution is -0.0805. The van der Waals surface area contributed by atoms with Crippen LogP contribution in [0.25, 0.3) is 5.65 Å². The van der Waals surface area contributed by atoms with Gasteiger partial charge in [0.1, 0.15) is 11.6 Å². The maximum Gasteiger partial charge on any atom is 0.172 e. The topological polar surface area (TPSA) is 95.5 Å². The molecule has 4 rings (SSSR count). The molecule has 0 amide bonds. The molecular formula is C14H15N5O2. The van der Waals surface area contributed by atoms with E-state index in [4.69, 9.17) is 10.00 Å². The van der Waals surface area contributed by atoms with Crippen molar-refractivity contribution in [1.82, 2.24) is 19.9 Å². The van der Waals surface area contributed by atoms with Gasteiger partial charge in [0.05, 0.1) is 25.0 Å². The predicted molar refractivity (Wildman–Crippen MR) is 72.4 cm³/mol. The summed E-state index contributed by atoms with van der Waals surface area (Å²) >= 11 is 0. The van der Waals surface area contributed by atoms with Gasteiger partial charge in [-0.3, -0.25) is 0 Å². The molecule has 0 aliphatic carbocycles. The first kappa shape index (κ1) is 12.7. The number of nitrogens with one attached hydrogen (secondary N) is 1. The molecule has 2 saturated heterocycles. The van der Waals surface area contributed by atoms with E-state index >= 15 is 0 Å². The molecule has 2 bridgehead atoms. The van der Waals surface area contributed by atoms with E-state index in [2.05, 4.69) is 21.5 Å². The third-order valence-electron chi connectivity index (χ3n) is 4.29. The van der Waals surface area contributed by atoms with Crippen LogP contribution in [0.15, 0.2) is 18.6 Å².